The van der Waals surface area contributed by atoms with Crippen LogP contribution in [0.3, 0.4) is 0 Å². The van der Waals surface area contributed by atoms with E-state index in [0.717, 1.165) is 39.2 Å². The summed E-state index contributed by atoms with van der Waals surface area (Å²) >= 11 is 0. The molecule has 0 atom stereocenters. The van der Waals surface area contributed by atoms with Crippen LogP contribution in [0.2, 0.25) is 0 Å². The van der Waals surface area contributed by atoms with Crippen molar-refractivity contribution in [1.82, 2.24) is 4.98 Å². The maximum atomic E-state index is 11.3. The summed E-state index contributed by atoms with van der Waals surface area (Å²) in [4.78, 5) is 14.5. The predicted molar refractivity (Wildman–Crippen MR) is 103 cm³/mol. The summed E-state index contributed by atoms with van der Waals surface area (Å²) in [5.74, 6) is -1.37. The van der Waals surface area contributed by atoms with E-state index in [4.69, 9.17) is 5.73 Å². The van der Waals surface area contributed by atoms with E-state index in [9.17, 15) is 15.0 Å². The van der Waals surface area contributed by atoms with E-state index in [1.54, 1.807) is 0 Å². The van der Waals surface area contributed by atoms with Crippen LogP contribution < -0.4 is 5.73 Å². The normalized spacial score (nSPS) is 11.3. The molecule has 5 nitrogen and oxygen atoms in total. The number of aromatic hydroxyl groups is 1. The molecule has 0 saturated heterocycles. The minimum atomic E-state index is -1.14. The first-order valence-electron chi connectivity index (χ1n) is 8.37. The molecule has 0 aliphatic carbocycles. The first-order chi connectivity index (χ1) is 12.6. The molecule has 0 aliphatic rings. The van der Waals surface area contributed by atoms with Gasteiger partial charge in [0.05, 0.1) is 0 Å². The van der Waals surface area contributed by atoms with Gasteiger partial charge >= 0.3 is 5.97 Å². The van der Waals surface area contributed by atoms with Crippen molar-refractivity contribution in [2.45, 2.75) is 6.42 Å². The number of fused-ring (bicyclic) bond motifs is 2. The molecule has 4 aromatic rings. The number of benzene rings is 3. The zero-order valence-electron chi connectivity index (χ0n) is 14.0. The average Bonchev–Trinajstić information content (AvgIpc) is 3.03. The number of aromatic nitrogens is 1. The molecule has 5 N–H and O–H groups in total. The van der Waals surface area contributed by atoms with Crippen molar-refractivity contribution in [1.29, 1.82) is 0 Å². The number of hydrogen-bond acceptors (Lipinski definition) is 3. The van der Waals surface area contributed by atoms with Crippen LogP contribution >= 0.6 is 0 Å². The van der Waals surface area contributed by atoms with Crippen LogP contribution in [0, 0.1) is 0 Å². The molecule has 0 saturated carbocycles. The Kier molecular flexibility index (Phi) is 3.86. The number of rotatable bonds is 4. The number of nitrogens with two attached hydrogens (primary N) is 1. The van der Waals surface area contributed by atoms with Crippen LogP contribution in [0.5, 0.6) is 5.75 Å². The van der Waals surface area contributed by atoms with Gasteiger partial charge in [-0.2, -0.15) is 0 Å². The number of aromatic amines is 1. The summed E-state index contributed by atoms with van der Waals surface area (Å²) in [6, 6.07) is 15.0. The molecule has 5 heteroatoms. The lowest BCUT2D eigenvalue weighted by atomic mass is 9.98. The van der Waals surface area contributed by atoms with Crippen molar-refractivity contribution in [3.05, 3.63) is 65.9 Å². The van der Waals surface area contributed by atoms with Crippen LogP contribution in [0.15, 0.2) is 54.7 Å². The number of carboxylic acid groups (broad SMARTS) is 1. The quantitative estimate of drug-likeness (QED) is 0.450. The maximum absolute atomic E-state index is 11.3. The molecule has 3 aromatic carbocycles. The highest BCUT2D eigenvalue weighted by Gasteiger charge is 2.12. The van der Waals surface area contributed by atoms with Crippen LogP contribution in [0.4, 0.5) is 0 Å². The number of H-pyrrole nitrogens is 1. The van der Waals surface area contributed by atoms with Gasteiger partial charge in [0.2, 0.25) is 0 Å². The van der Waals surface area contributed by atoms with Crippen LogP contribution in [0.25, 0.3) is 32.8 Å². The van der Waals surface area contributed by atoms with Gasteiger partial charge in [0.15, 0.2) is 0 Å². The van der Waals surface area contributed by atoms with E-state index in [1.165, 1.54) is 17.7 Å². The van der Waals surface area contributed by atoms with Gasteiger partial charge in [-0.15, -0.1) is 0 Å². The van der Waals surface area contributed by atoms with Gasteiger partial charge in [0, 0.05) is 17.1 Å². The van der Waals surface area contributed by atoms with E-state index in [-0.39, 0.29) is 11.3 Å². The Morgan fingerprint density at radius 3 is 2.54 bits per heavy atom. The highest BCUT2D eigenvalue weighted by molar-refractivity contribution is 5.99. The van der Waals surface area contributed by atoms with Crippen molar-refractivity contribution in [3.8, 4) is 16.9 Å². The van der Waals surface area contributed by atoms with E-state index in [2.05, 4.69) is 11.1 Å². The van der Waals surface area contributed by atoms with Gasteiger partial charge < -0.3 is 20.9 Å². The summed E-state index contributed by atoms with van der Waals surface area (Å²) in [5, 5.41) is 21.8. The van der Waals surface area contributed by atoms with Gasteiger partial charge in [-0.05, 0) is 70.8 Å². The smallest absolute Gasteiger partial charge is 0.339 e. The van der Waals surface area contributed by atoms with Crippen LogP contribution in [0.1, 0.15) is 15.9 Å². The summed E-state index contributed by atoms with van der Waals surface area (Å²) in [6.45, 7) is 0.592. The SMILES string of the molecule is NCCc1c[nH]c2ccc(-c3ccc4cc(O)c(C(=O)O)cc4c3)cc12. The van der Waals surface area contributed by atoms with Crippen molar-refractivity contribution in [2.75, 3.05) is 6.54 Å². The molecule has 0 unspecified atom stereocenters. The zero-order valence-corrected chi connectivity index (χ0v) is 14.0. The van der Waals surface area contributed by atoms with Gasteiger partial charge in [-0.3, -0.25) is 0 Å². The fourth-order valence-electron chi connectivity index (χ4n) is 3.36. The number of carbonyl (C=O) groups is 1. The Hall–Kier alpha value is -3.31. The summed E-state index contributed by atoms with van der Waals surface area (Å²) in [5.41, 5.74) is 9.87. The molecule has 1 heterocycles. The minimum Gasteiger partial charge on any atom is -0.507 e. The first kappa shape index (κ1) is 16.2. The largest absolute Gasteiger partial charge is 0.507 e. The van der Waals surface area contributed by atoms with Crippen molar-refractivity contribution < 1.29 is 15.0 Å². The van der Waals surface area contributed by atoms with Gasteiger partial charge in [0.25, 0.3) is 0 Å². The molecule has 130 valence electrons. The highest BCUT2D eigenvalue weighted by Crippen LogP contribution is 2.31. The molecule has 4 rings (SSSR count). The maximum Gasteiger partial charge on any atom is 0.339 e. The Bertz CT molecular complexity index is 1140. The van der Waals surface area contributed by atoms with E-state index in [0.29, 0.717) is 6.54 Å². The second-order valence-corrected chi connectivity index (χ2v) is 6.35. The molecule has 26 heavy (non-hydrogen) atoms. The van der Waals surface area contributed by atoms with Crippen LogP contribution in [-0.2, 0) is 6.42 Å². The Morgan fingerprint density at radius 1 is 1.00 bits per heavy atom. The number of aromatic carboxylic acids is 1. The summed E-state index contributed by atoms with van der Waals surface area (Å²) in [6.07, 6.45) is 2.80. The standard InChI is InChI=1S/C21H18N2O3/c22-6-5-15-11-23-19-4-3-13(8-17(15)19)12-1-2-14-10-20(24)18(21(25)26)9-16(14)7-12/h1-4,7-11,23-24H,5-6,22H2,(H,25,26). The third kappa shape index (κ3) is 2.68. The molecular weight excluding hydrogens is 328 g/mol. The number of nitrogens with one attached hydrogen (secondary N) is 1. The molecule has 0 spiro atoms. The second kappa shape index (κ2) is 6.20. The molecule has 1 aromatic heterocycles. The predicted octanol–water partition coefficient (Wildman–Crippen LogP) is 3.89. The summed E-state index contributed by atoms with van der Waals surface area (Å²) < 4.78 is 0. The highest BCUT2D eigenvalue weighted by atomic mass is 16.4. The molecule has 0 bridgehead atoms. The average molecular weight is 346 g/mol. The number of phenols is 1. The molecule has 0 aliphatic heterocycles. The lowest BCUT2D eigenvalue weighted by Gasteiger charge is -2.08. The van der Waals surface area contributed by atoms with Gasteiger partial charge in [-0.1, -0.05) is 18.2 Å². The minimum absolute atomic E-state index is 0.0963. The molecular formula is C21H18N2O3. The molecule has 0 radical (unpaired) electrons. The Morgan fingerprint density at radius 2 is 1.77 bits per heavy atom. The van der Waals surface area contributed by atoms with E-state index >= 15 is 0 Å². The van der Waals surface area contributed by atoms with Crippen LogP contribution in [-0.4, -0.2) is 27.7 Å². The Balaban J connectivity index is 1.85. The summed E-state index contributed by atoms with van der Waals surface area (Å²) in [7, 11) is 0. The third-order valence-electron chi connectivity index (χ3n) is 4.70. The van der Waals surface area contributed by atoms with Gasteiger partial charge in [-0.25, -0.2) is 4.79 Å². The molecule has 0 amide bonds. The number of hydrogen-bond donors (Lipinski definition) is 4. The fourth-order valence-corrected chi connectivity index (χ4v) is 3.36. The zero-order chi connectivity index (χ0) is 18.3. The third-order valence-corrected chi connectivity index (χ3v) is 4.70. The van der Waals surface area contributed by atoms with Gasteiger partial charge in [0.1, 0.15) is 11.3 Å². The second-order valence-electron chi connectivity index (χ2n) is 6.35. The van der Waals surface area contributed by atoms with Crippen molar-refractivity contribution in [2.24, 2.45) is 5.73 Å². The van der Waals surface area contributed by atoms with E-state index in [1.807, 2.05) is 36.5 Å². The fraction of sp³-hybridized carbons (Fsp3) is 0.0952. The van der Waals surface area contributed by atoms with Crippen molar-refractivity contribution >= 4 is 27.6 Å². The number of carboxylic acids is 1. The van der Waals surface area contributed by atoms with E-state index < -0.39 is 5.97 Å². The topological polar surface area (TPSA) is 99.3 Å². The molecule has 0 fully saturated rings. The lowest BCUT2D eigenvalue weighted by molar-refractivity contribution is 0.0694. The lowest BCUT2D eigenvalue weighted by Crippen LogP contribution is -2.01. The monoisotopic (exact) mass is 346 g/mol. The van der Waals surface area contributed by atoms with Crippen molar-refractivity contribution in [3.63, 3.8) is 0 Å². The first-order valence-corrected chi connectivity index (χ1v) is 8.37. The Labute approximate surface area is 149 Å².